The Balaban J connectivity index is 2.11. The van der Waals surface area contributed by atoms with E-state index in [-0.39, 0.29) is 12.2 Å². The highest BCUT2D eigenvalue weighted by Gasteiger charge is 2.20. The first kappa shape index (κ1) is 14.0. The molecule has 1 aromatic rings. The molecule has 2 rings (SSSR count). The van der Waals surface area contributed by atoms with Crippen molar-refractivity contribution < 1.29 is 14.4 Å². The third-order valence-electron chi connectivity index (χ3n) is 3.33. The molecule has 1 heterocycles. The molecule has 0 radical (unpaired) electrons. The van der Waals surface area contributed by atoms with Crippen molar-refractivity contribution >= 4 is 29.5 Å². The van der Waals surface area contributed by atoms with Crippen molar-refractivity contribution in [1.82, 2.24) is 4.90 Å². The lowest BCUT2D eigenvalue weighted by atomic mass is 10.2. The van der Waals surface area contributed by atoms with Crippen molar-refractivity contribution in [2.45, 2.75) is 6.92 Å². The third-order valence-corrected chi connectivity index (χ3v) is 3.33. The topological polar surface area (TPSA) is 69.7 Å². The van der Waals surface area contributed by atoms with E-state index in [1.807, 2.05) is 12.1 Å². The molecule has 0 spiro atoms. The minimum Gasteiger partial charge on any atom is -0.366 e. The van der Waals surface area contributed by atoms with Gasteiger partial charge in [0.2, 0.25) is 12.2 Å². The number of nitrogens with zero attached hydrogens (tertiary/aromatic N) is 2. The summed E-state index contributed by atoms with van der Waals surface area (Å²) in [6, 6.07) is 7.33. The molecule has 6 nitrogen and oxygen atoms in total. The number of amides is 2. The Morgan fingerprint density at radius 2 is 1.80 bits per heavy atom. The SMILES string of the molecule is CC(=O)N1CCN(c2ccccc2NC(=O)C=O)CC1. The van der Waals surface area contributed by atoms with E-state index in [9.17, 15) is 14.4 Å². The smallest absolute Gasteiger partial charge is 0.288 e. The zero-order valence-electron chi connectivity index (χ0n) is 11.3. The molecule has 0 saturated carbocycles. The molecule has 0 atom stereocenters. The number of hydrogen-bond acceptors (Lipinski definition) is 4. The molecule has 106 valence electrons. The van der Waals surface area contributed by atoms with Gasteiger partial charge in [-0.3, -0.25) is 14.4 Å². The summed E-state index contributed by atoms with van der Waals surface area (Å²) in [4.78, 5) is 36.8. The van der Waals surface area contributed by atoms with Crippen molar-refractivity contribution in [2.75, 3.05) is 36.4 Å². The van der Waals surface area contributed by atoms with Gasteiger partial charge in [-0.05, 0) is 12.1 Å². The minimum atomic E-state index is -0.667. The predicted octanol–water partition coefficient (Wildman–Crippen LogP) is 0.492. The number of anilines is 2. The lowest BCUT2D eigenvalue weighted by Crippen LogP contribution is -2.48. The van der Waals surface area contributed by atoms with Crippen LogP contribution in [0.15, 0.2) is 24.3 Å². The number of aldehydes is 1. The van der Waals surface area contributed by atoms with Crippen LogP contribution in [0.5, 0.6) is 0 Å². The second-order valence-corrected chi connectivity index (χ2v) is 4.62. The minimum absolute atomic E-state index is 0.0761. The first-order valence-electron chi connectivity index (χ1n) is 6.47. The number of para-hydroxylation sites is 2. The molecule has 1 N–H and O–H groups in total. The van der Waals surface area contributed by atoms with Gasteiger partial charge in [-0.2, -0.15) is 0 Å². The number of piperazine rings is 1. The van der Waals surface area contributed by atoms with Gasteiger partial charge in [0.1, 0.15) is 0 Å². The predicted molar refractivity (Wildman–Crippen MR) is 75.6 cm³/mol. The molecule has 1 aliphatic rings. The molecular weight excluding hydrogens is 258 g/mol. The number of carbonyl (C=O) groups is 3. The monoisotopic (exact) mass is 275 g/mol. The van der Waals surface area contributed by atoms with Crippen LogP contribution in [0.3, 0.4) is 0 Å². The van der Waals surface area contributed by atoms with E-state index in [0.29, 0.717) is 31.9 Å². The molecule has 1 aromatic carbocycles. The number of carbonyl (C=O) groups excluding carboxylic acids is 3. The zero-order valence-corrected chi connectivity index (χ0v) is 11.3. The number of hydrogen-bond donors (Lipinski definition) is 1. The van der Waals surface area contributed by atoms with Crippen LogP contribution < -0.4 is 10.2 Å². The highest BCUT2D eigenvalue weighted by molar-refractivity contribution is 6.29. The van der Waals surface area contributed by atoms with E-state index in [2.05, 4.69) is 10.2 Å². The second-order valence-electron chi connectivity index (χ2n) is 4.62. The lowest BCUT2D eigenvalue weighted by Gasteiger charge is -2.36. The summed E-state index contributed by atoms with van der Waals surface area (Å²) >= 11 is 0. The van der Waals surface area contributed by atoms with Crippen molar-refractivity contribution in [3.63, 3.8) is 0 Å². The van der Waals surface area contributed by atoms with Crippen LogP contribution in [0.2, 0.25) is 0 Å². The summed E-state index contributed by atoms with van der Waals surface area (Å²) in [5.74, 6) is -0.591. The zero-order chi connectivity index (χ0) is 14.5. The van der Waals surface area contributed by atoms with E-state index in [1.54, 1.807) is 24.0 Å². The quantitative estimate of drug-likeness (QED) is 0.644. The Morgan fingerprint density at radius 3 is 2.40 bits per heavy atom. The van der Waals surface area contributed by atoms with Gasteiger partial charge in [0.15, 0.2) is 0 Å². The summed E-state index contributed by atoms with van der Waals surface area (Å²) in [6.07, 6.45) is 0.254. The summed E-state index contributed by atoms with van der Waals surface area (Å²) in [7, 11) is 0. The lowest BCUT2D eigenvalue weighted by molar-refractivity contribution is -0.129. The Kier molecular flexibility index (Phi) is 4.34. The molecule has 20 heavy (non-hydrogen) atoms. The molecule has 0 aliphatic carbocycles. The molecule has 1 fully saturated rings. The van der Waals surface area contributed by atoms with Gasteiger partial charge in [-0.25, -0.2) is 0 Å². The van der Waals surface area contributed by atoms with E-state index in [1.165, 1.54) is 0 Å². The van der Waals surface area contributed by atoms with Crippen LogP contribution in [0, 0.1) is 0 Å². The maximum Gasteiger partial charge on any atom is 0.288 e. The van der Waals surface area contributed by atoms with Crippen LogP contribution in [-0.4, -0.2) is 49.2 Å². The first-order chi connectivity index (χ1) is 9.61. The Morgan fingerprint density at radius 1 is 1.15 bits per heavy atom. The fourth-order valence-corrected chi connectivity index (χ4v) is 2.28. The van der Waals surface area contributed by atoms with Gasteiger partial charge in [-0.1, -0.05) is 12.1 Å². The van der Waals surface area contributed by atoms with E-state index < -0.39 is 5.91 Å². The van der Waals surface area contributed by atoms with Crippen LogP contribution in [0.4, 0.5) is 11.4 Å². The third kappa shape index (κ3) is 3.14. The molecule has 0 aromatic heterocycles. The van der Waals surface area contributed by atoms with Crippen molar-refractivity contribution in [3.05, 3.63) is 24.3 Å². The van der Waals surface area contributed by atoms with Crippen molar-refractivity contribution in [1.29, 1.82) is 0 Å². The van der Waals surface area contributed by atoms with Gasteiger partial charge in [0.05, 0.1) is 11.4 Å². The van der Waals surface area contributed by atoms with Gasteiger partial charge < -0.3 is 15.1 Å². The second kappa shape index (κ2) is 6.18. The van der Waals surface area contributed by atoms with E-state index in [4.69, 9.17) is 0 Å². The molecule has 0 bridgehead atoms. The summed E-state index contributed by atoms with van der Waals surface area (Å²) in [6.45, 7) is 4.28. The van der Waals surface area contributed by atoms with Crippen molar-refractivity contribution in [2.24, 2.45) is 0 Å². The average molecular weight is 275 g/mol. The van der Waals surface area contributed by atoms with Crippen LogP contribution >= 0.6 is 0 Å². The molecule has 1 aliphatic heterocycles. The van der Waals surface area contributed by atoms with Gasteiger partial charge >= 0.3 is 0 Å². The van der Waals surface area contributed by atoms with Crippen molar-refractivity contribution in [3.8, 4) is 0 Å². The largest absolute Gasteiger partial charge is 0.366 e. The van der Waals surface area contributed by atoms with Crippen LogP contribution in [0.1, 0.15) is 6.92 Å². The van der Waals surface area contributed by atoms with Gasteiger partial charge in [0, 0.05) is 33.1 Å². The van der Waals surface area contributed by atoms with E-state index >= 15 is 0 Å². The van der Waals surface area contributed by atoms with Crippen LogP contribution in [-0.2, 0) is 14.4 Å². The summed E-state index contributed by atoms with van der Waals surface area (Å²) in [5, 5.41) is 2.56. The summed E-state index contributed by atoms with van der Waals surface area (Å²) in [5.41, 5.74) is 1.48. The fourth-order valence-electron chi connectivity index (χ4n) is 2.28. The molecule has 2 amide bonds. The fraction of sp³-hybridized carbons (Fsp3) is 0.357. The van der Waals surface area contributed by atoms with E-state index in [0.717, 1.165) is 5.69 Å². The molecular formula is C14H17N3O3. The Labute approximate surface area is 117 Å². The maximum absolute atomic E-state index is 11.3. The Bertz CT molecular complexity index is 522. The van der Waals surface area contributed by atoms with Crippen LogP contribution in [0.25, 0.3) is 0 Å². The van der Waals surface area contributed by atoms with Gasteiger partial charge in [0.25, 0.3) is 5.91 Å². The Hall–Kier alpha value is -2.37. The molecule has 1 saturated heterocycles. The highest BCUT2D eigenvalue weighted by Crippen LogP contribution is 2.26. The average Bonchev–Trinajstić information content (AvgIpc) is 2.48. The number of rotatable bonds is 3. The standard InChI is InChI=1S/C14H17N3O3/c1-11(19)16-6-8-17(9-7-16)13-5-3-2-4-12(13)15-14(20)10-18/h2-5,10H,6-9H2,1H3,(H,15,20). The molecule has 6 heteroatoms. The first-order valence-corrected chi connectivity index (χ1v) is 6.47. The number of nitrogens with one attached hydrogen (secondary N) is 1. The normalized spacial score (nSPS) is 14.8. The highest BCUT2D eigenvalue weighted by atomic mass is 16.2. The number of benzene rings is 1. The van der Waals surface area contributed by atoms with Gasteiger partial charge in [-0.15, -0.1) is 0 Å². The summed E-state index contributed by atoms with van der Waals surface area (Å²) < 4.78 is 0. The molecule has 0 unspecified atom stereocenters. The maximum atomic E-state index is 11.3.